The molecule has 0 radical (unpaired) electrons. The molecule has 2 atom stereocenters. The Morgan fingerprint density at radius 2 is 1.97 bits per heavy atom. The fourth-order valence-electron chi connectivity index (χ4n) is 2.90. The number of thiazole rings is 1. The summed E-state index contributed by atoms with van der Waals surface area (Å²) in [5.41, 5.74) is 1.27. The van der Waals surface area contributed by atoms with Crippen molar-refractivity contribution in [3.63, 3.8) is 0 Å². The summed E-state index contributed by atoms with van der Waals surface area (Å²) in [5, 5.41) is 6.74. The molecule has 4 rings (SSSR count). The van der Waals surface area contributed by atoms with E-state index < -0.39 is 26.4 Å². The van der Waals surface area contributed by atoms with Crippen molar-refractivity contribution in [1.82, 2.24) is 19.9 Å². The number of rotatable bonds is 8. The van der Waals surface area contributed by atoms with Gasteiger partial charge in [-0.2, -0.15) is 0 Å². The molecule has 2 N–H and O–H groups in total. The second kappa shape index (κ2) is 9.22. The molecular formula is C18H15BrN4O5S3. The standard InChI is InChI=1S/C18H15BrN4O5S3/c19-12-6-7-13-14(8-12)29-18(21-13)16(17-23-22-15(28-17)9-20-30(24)25)31(26,27)10-11-4-2-1-3-5-11/h1-8,16,20H,9-10H2,(H,24,25). The summed E-state index contributed by atoms with van der Waals surface area (Å²) in [6, 6.07) is 14.3. The number of benzene rings is 2. The first-order chi connectivity index (χ1) is 14.8. The van der Waals surface area contributed by atoms with Gasteiger partial charge in [0.25, 0.3) is 0 Å². The number of fused-ring (bicyclic) bond motifs is 1. The summed E-state index contributed by atoms with van der Waals surface area (Å²) in [5.74, 6) is -0.398. The number of hydrogen-bond donors (Lipinski definition) is 2. The number of nitrogens with one attached hydrogen (secondary N) is 1. The average molecular weight is 543 g/mol. The Morgan fingerprint density at radius 1 is 1.19 bits per heavy atom. The van der Waals surface area contributed by atoms with Crippen LogP contribution in [0.25, 0.3) is 10.2 Å². The highest BCUT2D eigenvalue weighted by molar-refractivity contribution is 9.10. The van der Waals surface area contributed by atoms with Crippen LogP contribution in [0.5, 0.6) is 0 Å². The van der Waals surface area contributed by atoms with E-state index in [4.69, 9.17) is 8.97 Å². The van der Waals surface area contributed by atoms with E-state index in [0.29, 0.717) is 16.1 Å². The monoisotopic (exact) mass is 542 g/mol. The van der Waals surface area contributed by atoms with Crippen molar-refractivity contribution in [1.29, 1.82) is 0 Å². The van der Waals surface area contributed by atoms with Crippen LogP contribution < -0.4 is 4.72 Å². The van der Waals surface area contributed by atoms with Gasteiger partial charge < -0.3 is 4.42 Å². The molecule has 0 saturated heterocycles. The van der Waals surface area contributed by atoms with Gasteiger partial charge in [0.2, 0.25) is 23.0 Å². The van der Waals surface area contributed by atoms with Crippen LogP contribution in [0, 0.1) is 0 Å². The molecule has 162 valence electrons. The van der Waals surface area contributed by atoms with Crippen LogP contribution in [0.15, 0.2) is 57.4 Å². The lowest BCUT2D eigenvalue weighted by atomic mass is 10.2. The molecule has 0 spiro atoms. The third-order valence-electron chi connectivity index (χ3n) is 4.21. The van der Waals surface area contributed by atoms with E-state index in [2.05, 4.69) is 35.8 Å². The smallest absolute Gasteiger partial charge is 0.241 e. The molecule has 4 aromatic rings. The number of aromatic nitrogens is 3. The summed E-state index contributed by atoms with van der Waals surface area (Å²) in [6.45, 7) is -0.186. The van der Waals surface area contributed by atoms with Gasteiger partial charge in [0.15, 0.2) is 15.1 Å². The van der Waals surface area contributed by atoms with Gasteiger partial charge in [-0.05, 0) is 23.8 Å². The predicted molar refractivity (Wildman–Crippen MR) is 120 cm³/mol. The number of hydrogen-bond acceptors (Lipinski definition) is 8. The molecule has 0 aliphatic heterocycles. The molecule has 0 bridgehead atoms. The summed E-state index contributed by atoms with van der Waals surface area (Å²) < 4.78 is 56.0. The molecule has 2 aromatic carbocycles. The SMILES string of the molecule is O=S(O)NCc1nnc(C(c2nc3ccc(Br)cc3s2)S(=O)(=O)Cc2ccccc2)o1. The third-order valence-corrected chi connectivity index (χ3v) is 8.21. The van der Waals surface area contributed by atoms with Crippen molar-refractivity contribution in [2.45, 2.75) is 17.5 Å². The highest BCUT2D eigenvalue weighted by atomic mass is 79.9. The molecule has 2 aromatic heterocycles. The first kappa shape index (κ1) is 22.2. The Morgan fingerprint density at radius 3 is 2.71 bits per heavy atom. The van der Waals surface area contributed by atoms with Gasteiger partial charge >= 0.3 is 0 Å². The first-order valence-corrected chi connectivity index (χ1v) is 13.2. The van der Waals surface area contributed by atoms with E-state index in [9.17, 15) is 12.6 Å². The minimum Gasteiger partial charge on any atom is -0.422 e. The van der Waals surface area contributed by atoms with Crippen LogP contribution in [-0.4, -0.2) is 32.4 Å². The Hall–Kier alpha value is -2.03. The van der Waals surface area contributed by atoms with E-state index in [1.165, 1.54) is 11.3 Å². The molecule has 0 aliphatic carbocycles. The van der Waals surface area contributed by atoms with Crippen molar-refractivity contribution in [3.8, 4) is 0 Å². The second-order valence-corrected chi connectivity index (χ2v) is 11.3. The Labute approximate surface area is 192 Å². The zero-order valence-corrected chi connectivity index (χ0v) is 19.7. The predicted octanol–water partition coefficient (Wildman–Crippen LogP) is 3.37. The molecule has 0 saturated carbocycles. The molecule has 2 heterocycles. The van der Waals surface area contributed by atoms with Crippen molar-refractivity contribution in [3.05, 3.63) is 75.4 Å². The minimum atomic E-state index is -3.85. The van der Waals surface area contributed by atoms with Crippen LogP contribution in [0.4, 0.5) is 0 Å². The Kier molecular flexibility index (Phi) is 6.60. The molecule has 13 heteroatoms. The lowest BCUT2D eigenvalue weighted by Crippen LogP contribution is -2.17. The Balaban J connectivity index is 1.77. The maximum atomic E-state index is 13.4. The van der Waals surface area contributed by atoms with Crippen LogP contribution in [0.3, 0.4) is 0 Å². The second-order valence-electron chi connectivity index (χ2n) is 6.44. The molecule has 31 heavy (non-hydrogen) atoms. The van der Waals surface area contributed by atoms with Crippen molar-refractivity contribution in [2.24, 2.45) is 0 Å². The van der Waals surface area contributed by atoms with Gasteiger partial charge in [-0.25, -0.2) is 22.3 Å². The van der Waals surface area contributed by atoms with Gasteiger partial charge in [-0.3, -0.25) is 4.55 Å². The third kappa shape index (κ3) is 5.25. The van der Waals surface area contributed by atoms with Crippen molar-refractivity contribution >= 4 is 58.6 Å². The molecule has 0 aliphatic rings. The van der Waals surface area contributed by atoms with Gasteiger partial charge in [-0.1, -0.05) is 46.3 Å². The van der Waals surface area contributed by atoms with E-state index in [0.717, 1.165) is 9.17 Å². The van der Waals surface area contributed by atoms with Crippen LogP contribution in [0.1, 0.15) is 27.6 Å². The zero-order valence-electron chi connectivity index (χ0n) is 15.6. The van der Waals surface area contributed by atoms with Gasteiger partial charge in [-0.15, -0.1) is 21.5 Å². The maximum absolute atomic E-state index is 13.4. The lowest BCUT2D eigenvalue weighted by molar-refractivity contribution is 0.442. The zero-order chi connectivity index (χ0) is 22.0. The lowest BCUT2D eigenvalue weighted by Gasteiger charge is -2.12. The summed E-state index contributed by atoms with van der Waals surface area (Å²) >= 11 is 2.36. The topological polar surface area (TPSA) is 135 Å². The summed E-state index contributed by atoms with van der Waals surface area (Å²) in [6.07, 6.45) is 0. The van der Waals surface area contributed by atoms with Crippen LogP contribution in [-0.2, 0) is 33.4 Å². The van der Waals surface area contributed by atoms with E-state index in [-0.39, 0.29) is 24.1 Å². The largest absolute Gasteiger partial charge is 0.422 e. The number of halogens is 1. The van der Waals surface area contributed by atoms with E-state index in [1.807, 2.05) is 12.1 Å². The molecule has 9 nitrogen and oxygen atoms in total. The highest BCUT2D eigenvalue weighted by Crippen LogP contribution is 2.37. The average Bonchev–Trinajstić information content (AvgIpc) is 3.33. The molecule has 2 unspecified atom stereocenters. The highest BCUT2D eigenvalue weighted by Gasteiger charge is 2.37. The summed E-state index contributed by atoms with van der Waals surface area (Å²) in [7, 11) is -3.85. The molecule has 0 fully saturated rings. The van der Waals surface area contributed by atoms with Gasteiger partial charge in [0.05, 0.1) is 22.5 Å². The van der Waals surface area contributed by atoms with Crippen molar-refractivity contribution in [2.75, 3.05) is 0 Å². The Bertz CT molecular complexity index is 1340. The minimum absolute atomic E-state index is 0.0128. The fraction of sp³-hybridized carbons (Fsp3) is 0.167. The van der Waals surface area contributed by atoms with Gasteiger partial charge in [0.1, 0.15) is 5.01 Å². The van der Waals surface area contributed by atoms with Gasteiger partial charge in [0, 0.05) is 4.47 Å². The molecule has 0 amide bonds. The van der Waals surface area contributed by atoms with Crippen LogP contribution >= 0.6 is 27.3 Å². The quantitative estimate of drug-likeness (QED) is 0.323. The fourth-order valence-corrected chi connectivity index (χ4v) is 6.81. The number of sulfone groups is 1. The first-order valence-electron chi connectivity index (χ1n) is 8.80. The summed E-state index contributed by atoms with van der Waals surface area (Å²) in [4.78, 5) is 4.51. The van der Waals surface area contributed by atoms with Crippen molar-refractivity contribution < 1.29 is 21.6 Å². The van der Waals surface area contributed by atoms with E-state index in [1.54, 1.807) is 36.4 Å². The normalized spacial score (nSPS) is 14.0. The maximum Gasteiger partial charge on any atom is 0.241 e. The van der Waals surface area contributed by atoms with Crippen LogP contribution in [0.2, 0.25) is 0 Å². The van der Waals surface area contributed by atoms with E-state index >= 15 is 0 Å². The molecular weight excluding hydrogens is 528 g/mol. The number of nitrogens with zero attached hydrogens (tertiary/aromatic N) is 3.